The van der Waals surface area contributed by atoms with Crippen molar-refractivity contribution in [3.05, 3.63) is 0 Å². The van der Waals surface area contributed by atoms with Gasteiger partial charge >= 0.3 is 11.9 Å². The molecule has 3 atom stereocenters. The first-order chi connectivity index (χ1) is 11.2. The minimum Gasteiger partial charge on any atom is -0.481 e. The number of aliphatic hydroxyl groups excluding tert-OH is 1. The molecule has 0 aromatic rings. The topological polar surface area (TPSA) is 205 Å². The van der Waals surface area contributed by atoms with Gasteiger partial charge in [-0.15, -0.1) is 0 Å². The van der Waals surface area contributed by atoms with E-state index in [-0.39, 0.29) is 6.42 Å². The molecule has 0 saturated carbocycles. The number of unbranched alkanes of at least 4 members (excludes halogenated alkanes) is 1. The van der Waals surface area contributed by atoms with E-state index in [0.29, 0.717) is 19.4 Å². The molecule has 0 heterocycles. The van der Waals surface area contributed by atoms with Gasteiger partial charge in [-0.25, -0.2) is 4.79 Å². The molecule has 0 saturated heterocycles. The lowest BCUT2D eigenvalue weighted by Gasteiger charge is -2.22. The van der Waals surface area contributed by atoms with Gasteiger partial charge in [0.15, 0.2) is 0 Å². The summed E-state index contributed by atoms with van der Waals surface area (Å²) in [6.45, 7) is -0.255. The Morgan fingerprint density at radius 3 is 2.00 bits per heavy atom. The molecule has 0 fully saturated rings. The summed E-state index contributed by atoms with van der Waals surface area (Å²) >= 11 is 0. The van der Waals surface area contributed by atoms with Gasteiger partial charge in [0.1, 0.15) is 18.1 Å². The fourth-order valence-electron chi connectivity index (χ4n) is 1.77. The minimum absolute atomic E-state index is 0.159. The number of nitrogens with two attached hydrogens (primary N) is 2. The van der Waals surface area contributed by atoms with Crippen molar-refractivity contribution in [2.45, 2.75) is 43.8 Å². The number of carboxylic acid groups (broad SMARTS) is 2. The van der Waals surface area contributed by atoms with E-state index in [1.165, 1.54) is 0 Å². The summed E-state index contributed by atoms with van der Waals surface area (Å²) in [4.78, 5) is 45.5. The van der Waals surface area contributed by atoms with Crippen LogP contribution < -0.4 is 22.1 Å². The zero-order valence-corrected chi connectivity index (χ0v) is 13.1. The fourth-order valence-corrected chi connectivity index (χ4v) is 1.77. The second kappa shape index (κ2) is 11.3. The molecule has 11 heteroatoms. The van der Waals surface area contributed by atoms with Crippen LogP contribution in [0.15, 0.2) is 0 Å². The van der Waals surface area contributed by atoms with E-state index in [4.69, 9.17) is 26.8 Å². The van der Waals surface area contributed by atoms with Gasteiger partial charge in [0.05, 0.1) is 13.0 Å². The van der Waals surface area contributed by atoms with Crippen LogP contribution in [0.2, 0.25) is 0 Å². The number of aliphatic hydroxyl groups is 1. The van der Waals surface area contributed by atoms with Crippen molar-refractivity contribution in [1.29, 1.82) is 0 Å². The Balaban J connectivity index is 4.95. The molecule has 0 aliphatic rings. The SMILES string of the molecule is NCCCC[C@H](NC(=O)[C@@H](N)CO)C(=O)N[C@@H](CC(=O)O)C(=O)O. The fraction of sp³-hybridized carbons (Fsp3) is 0.692. The lowest BCUT2D eigenvalue weighted by Crippen LogP contribution is -2.55. The highest BCUT2D eigenvalue weighted by Crippen LogP contribution is 2.03. The van der Waals surface area contributed by atoms with Crippen LogP contribution in [0, 0.1) is 0 Å². The third-order valence-electron chi connectivity index (χ3n) is 3.11. The summed E-state index contributed by atoms with van der Waals surface area (Å²) in [6.07, 6.45) is 0.399. The zero-order valence-electron chi connectivity index (χ0n) is 13.1. The van der Waals surface area contributed by atoms with Crippen molar-refractivity contribution < 1.29 is 34.5 Å². The van der Waals surface area contributed by atoms with Crippen molar-refractivity contribution in [3.63, 3.8) is 0 Å². The molecule has 138 valence electrons. The van der Waals surface area contributed by atoms with Crippen LogP contribution in [-0.4, -0.2) is 70.3 Å². The first-order valence-corrected chi connectivity index (χ1v) is 7.34. The summed E-state index contributed by atoms with van der Waals surface area (Å²) in [7, 11) is 0. The van der Waals surface area contributed by atoms with Crippen molar-refractivity contribution >= 4 is 23.8 Å². The van der Waals surface area contributed by atoms with Gasteiger partial charge in [-0.05, 0) is 25.8 Å². The summed E-state index contributed by atoms with van der Waals surface area (Å²) in [5, 5.41) is 30.8. The molecule has 0 aromatic heterocycles. The molecule has 0 aliphatic heterocycles. The van der Waals surface area contributed by atoms with E-state index in [1.807, 2.05) is 0 Å². The normalized spacial score (nSPS) is 14.3. The van der Waals surface area contributed by atoms with E-state index in [1.54, 1.807) is 0 Å². The van der Waals surface area contributed by atoms with Crippen LogP contribution in [0.25, 0.3) is 0 Å². The number of amides is 2. The Hall–Kier alpha value is -2.24. The Bertz CT molecular complexity index is 458. The van der Waals surface area contributed by atoms with E-state index in [2.05, 4.69) is 10.6 Å². The van der Waals surface area contributed by atoms with Gasteiger partial charge < -0.3 is 37.4 Å². The highest BCUT2D eigenvalue weighted by atomic mass is 16.4. The number of rotatable bonds is 12. The van der Waals surface area contributed by atoms with Gasteiger partial charge in [-0.3, -0.25) is 14.4 Å². The van der Waals surface area contributed by atoms with Crippen LogP contribution in [0.3, 0.4) is 0 Å². The van der Waals surface area contributed by atoms with Crippen molar-refractivity contribution in [2.75, 3.05) is 13.2 Å². The van der Waals surface area contributed by atoms with Gasteiger partial charge in [0, 0.05) is 0 Å². The second-order valence-electron chi connectivity index (χ2n) is 5.13. The van der Waals surface area contributed by atoms with E-state index in [9.17, 15) is 19.2 Å². The molecule has 24 heavy (non-hydrogen) atoms. The molecule has 0 bridgehead atoms. The maximum atomic E-state index is 12.2. The average Bonchev–Trinajstić information content (AvgIpc) is 2.51. The van der Waals surface area contributed by atoms with Crippen LogP contribution in [0.5, 0.6) is 0 Å². The zero-order chi connectivity index (χ0) is 18.7. The number of nitrogens with one attached hydrogen (secondary N) is 2. The Morgan fingerprint density at radius 1 is 0.958 bits per heavy atom. The first kappa shape index (κ1) is 21.8. The quantitative estimate of drug-likeness (QED) is 0.179. The monoisotopic (exact) mass is 348 g/mol. The Kier molecular flexibility index (Phi) is 10.3. The van der Waals surface area contributed by atoms with E-state index >= 15 is 0 Å². The predicted octanol–water partition coefficient (Wildman–Crippen LogP) is -3.04. The standard InChI is InChI=1S/C13H24N4O7/c14-4-2-1-3-8(16-11(21)7(15)6-18)12(22)17-9(13(23)24)5-10(19)20/h7-9,18H,1-6,14-15H2,(H,16,21)(H,17,22)(H,19,20)(H,23,24)/t7-,8-,9-/m0/s1. The van der Waals surface area contributed by atoms with E-state index in [0.717, 1.165) is 0 Å². The molecule has 0 spiro atoms. The average molecular weight is 348 g/mol. The lowest BCUT2D eigenvalue weighted by molar-refractivity contribution is -0.147. The molecule has 0 aliphatic carbocycles. The van der Waals surface area contributed by atoms with Gasteiger partial charge in [0.25, 0.3) is 0 Å². The van der Waals surface area contributed by atoms with Crippen LogP contribution >= 0.6 is 0 Å². The maximum Gasteiger partial charge on any atom is 0.326 e. The van der Waals surface area contributed by atoms with E-state index < -0.39 is 54.9 Å². The first-order valence-electron chi connectivity index (χ1n) is 7.34. The van der Waals surface area contributed by atoms with Gasteiger partial charge in [0.2, 0.25) is 11.8 Å². The third kappa shape index (κ3) is 8.41. The van der Waals surface area contributed by atoms with Gasteiger partial charge in [-0.1, -0.05) is 0 Å². The van der Waals surface area contributed by atoms with Gasteiger partial charge in [-0.2, -0.15) is 0 Å². The number of carbonyl (C=O) groups is 4. The van der Waals surface area contributed by atoms with Crippen LogP contribution in [0.1, 0.15) is 25.7 Å². The lowest BCUT2D eigenvalue weighted by atomic mass is 10.1. The van der Waals surface area contributed by atoms with Crippen LogP contribution in [-0.2, 0) is 19.2 Å². The second-order valence-corrected chi connectivity index (χ2v) is 5.13. The molecular weight excluding hydrogens is 324 g/mol. The van der Waals surface area contributed by atoms with Crippen molar-refractivity contribution in [3.8, 4) is 0 Å². The Labute approximate surface area is 138 Å². The minimum atomic E-state index is -1.63. The van der Waals surface area contributed by atoms with Crippen molar-refractivity contribution in [2.24, 2.45) is 11.5 Å². The summed E-state index contributed by atoms with van der Waals surface area (Å²) in [5.74, 6) is -4.53. The summed E-state index contributed by atoms with van der Waals surface area (Å²) in [6, 6.07) is -3.98. The van der Waals surface area contributed by atoms with Crippen molar-refractivity contribution in [1.82, 2.24) is 10.6 Å². The summed E-state index contributed by atoms with van der Waals surface area (Å²) in [5.41, 5.74) is 10.7. The molecule has 9 N–H and O–H groups in total. The highest BCUT2D eigenvalue weighted by molar-refractivity contribution is 5.92. The number of aliphatic carboxylic acids is 2. The van der Waals surface area contributed by atoms with Crippen LogP contribution in [0.4, 0.5) is 0 Å². The molecule has 2 amide bonds. The predicted molar refractivity (Wildman–Crippen MR) is 81.7 cm³/mol. The molecular formula is C13H24N4O7. The molecule has 0 aromatic carbocycles. The number of hydrogen-bond donors (Lipinski definition) is 7. The third-order valence-corrected chi connectivity index (χ3v) is 3.11. The molecule has 11 nitrogen and oxygen atoms in total. The molecule has 0 unspecified atom stereocenters. The maximum absolute atomic E-state index is 12.2. The largest absolute Gasteiger partial charge is 0.481 e. The highest BCUT2D eigenvalue weighted by Gasteiger charge is 2.28. The Morgan fingerprint density at radius 2 is 1.54 bits per heavy atom. The summed E-state index contributed by atoms with van der Waals surface area (Å²) < 4.78 is 0. The smallest absolute Gasteiger partial charge is 0.326 e. The number of carbonyl (C=O) groups excluding carboxylic acids is 2. The number of hydrogen-bond acceptors (Lipinski definition) is 7. The molecule has 0 rings (SSSR count). The molecule has 0 radical (unpaired) electrons. The number of carboxylic acids is 2.